The molecule has 0 bridgehead atoms. The zero-order chi connectivity index (χ0) is 23.1. The summed E-state index contributed by atoms with van der Waals surface area (Å²) in [5.41, 5.74) is 7.32. The Kier molecular flexibility index (Phi) is 5.87. The van der Waals surface area contributed by atoms with Crippen molar-refractivity contribution >= 4 is 28.7 Å². The molecular weight excluding hydrogens is 426 g/mol. The number of rotatable bonds is 5. The van der Waals surface area contributed by atoms with Crippen LogP contribution in [0.4, 0.5) is 11.4 Å². The van der Waals surface area contributed by atoms with Crippen LogP contribution in [0.5, 0.6) is 0 Å². The van der Waals surface area contributed by atoms with E-state index in [-0.39, 0.29) is 12.1 Å². The minimum absolute atomic E-state index is 0.00949. The van der Waals surface area contributed by atoms with Crippen molar-refractivity contribution in [3.63, 3.8) is 0 Å². The highest BCUT2D eigenvalue weighted by atomic mass is 32.1. The Hall–Kier alpha value is -2.86. The van der Waals surface area contributed by atoms with Crippen molar-refractivity contribution in [3.05, 3.63) is 77.4 Å². The van der Waals surface area contributed by atoms with Gasteiger partial charge in [-0.3, -0.25) is 4.98 Å². The van der Waals surface area contributed by atoms with E-state index in [4.69, 9.17) is 17.2 Å². The number of nitrogens with zero attached hydrogens (tertiary/aromatic N) is 4. The summed E-state index contributed by atoms with van der Waals surface area (Å²) in [6.07, 6.45) is 7.07. The molecule has 1 aliphatic carbocycles. The number of aromatic nitrogens is 2. The summed E-state index contributed by atoms with van der Waals surface area (Å²) in [6, 6.07) is 17.8. The lowest BCUT2D eigenvalue weighted by atomic mass is 9.96. The second-order valence-electron chi connectivity index (χ2n) is 9.54. The lowest BCUT2D eigenvalue weighted by Gasteiger charge is -2.29. The molecular formula is C27H33N5S. The minimum Gasteiger partial charge on any atom is -0.378 e. The number of nitrogens with one attached hydrogen (secondary N) is 1. The van der Waals surface area contributed by atoms with Gasteiger partial charge in [0.25, 0.3) is 0 Å². The standard InChI is InChI=1S/C27H33N5S/c1-18-17-23(19(2)31(18)21-9-5-6-10-21)26-25(24-11-7-8-16-28-24)29-27(33)32(26)22-14-12-20(13-15-22)30(3)4/h7-8,11-17,21,25-26H,5-6,9-10H2,1-4H3,(H,29,33)/t25-,26-/m1/s1. The molecule has 5 rings (SSSR count). The van der Waals surface area contributed by atoms with Gasteiger partial charge >= 0.3 is 0 Å². The summed E-state index contributed by atoms with van der Waals surface area (Å²) in [5.74, 6) is 0. The highest BCUT2D eigenvalue weighted by Gasteiger charge is 2.42. The van der Waals surface area contributed by atoms with Gasteiger partial charge in [0.05, 0.1) is 17.8 Å². The number of anilines is 2. The normalized spacial score (nSPS) is 21.0. The van der Waals surface area contributed by atoms with Crippen molar-refractivity contribution in [1.82, 2.24) is 14.9 Å². The van der Waals surface area contributed by atoms with Gasteiger partial charge in [0.2, 0.25) is 0 Å². The van der Waals surface area contributed by atoms with Crippen molar-refractivity contribution in [2.45, 2.75) is 57.7 Å². The number of aryl methyl sites for hydroxylation is 1. The fraction of sp³-hybridized carbons (Fsp3) is 0.407. The molecule has 6 heteroatoms. The molecule has 0 amide bonds. The predicted octanol–water partition coefficient (Wildman–Crippen LogP) is 5.86. The van der Waals surface area contributed by atoms with Gasteiger partial charge in [-0.2, -0.15) is 0 Å². The third-order valence-corrected chi connectivity index (χ3v) is 7.59. The van der Waals surface area contributed by atoms with Crippen molar-refractivity contribution < 1.29 is 0 Å². The summed E-state index contributed by atoms with van der Waals surface area (Å²) >= 11 is 5.92. The topological polar surface area (TPSA) is 36.3 Å². The van der Waals surface area contributed by atoms with Gasteiger partial charge in [-0.15, -0.1) is 0 Å². The molecule has 0 spiro atoms. The number of pyridine rings is 1. The van der Waals surface area contributed by atoms with Crippen LogP contribution in [0.1, 0.15) is 66.5 Å². The summed E-state index contributed by atoms with van der Waals surface area (Å²) < 4.78 is 2.58. The van der Waals surface area contributed by atoms with E-state index < -0.39 is 0 Å². The van der Waals surface area contributed by atoms with Crippen molar-refractivity contribution in [1.29, 1.82) is 0 Å². The first-order chi connectivity index (χ1) is 16.0. The average molecular weight is 460 g/mol. The fourth-order valence-corrected chi connectivity index (χ4v) is 6.03. The molecule has 172 valence electrons. The van der Waals surface area contributed by atoms with Gasteiger partial charge in [-0.1, -0.05) is 18.9 Å². The molecule has 1 aromatic carbocycles. The molecule has 0 unspecified atom stereocenters. The Morgan fingerprint density at radius 3 is 2.39 bits per heavy atom. The minimum atomic E-state index is -0.00949. The molecule has 5 nitrogen and oxygen atoms in total. The van der Waals surface area contributed by atoms with E-state index >= 15 is 0 Å². The molecule has 2 atom stereocenters. The Balaban J connectivity index is 1.62. The third kappa shape index (κ3) is 3.90. The maximum atomic E-state index is 5.92. The van der Waals surface area contributed by atoms with Crippen LogP contribution in [0.25, 0.3) is 0 Å². The van der Waals surface area contributed by atoms with Crippen molar-refractivity contribution in [2.24, 2.45) is 0 Å². The maximum absolute atomic E-state index is 5.92. The number of benzene rings is 1. The Labute approximate surface area is 202 Å². The zero-order valence-electron chi connectivity index (χ0n) is 20.0. The fourth-order valence-electron chi connectivity index (χ4n) is 5.69. The molecule has 2 aromatic heterocycles. The van der Waals surface area contributed by atoms with Crippen LogP contribution < -0.4 is 15.1 Å². The molecule has 1 N–H and O–H groups in total. The van der Waals surface area contributed by atoms with E-state index in [1.807, 2.05) is 12.3 Å². The molecule has 3 aromatic rings. The van der Waals surface area contributed by atoms with Crippen molar-refractivity contribution in [3.8, 4) is 0 Å². The number of thiocarbonyl (C=S) groups is 1. The van der Waals surface area contributed by atoms with E-state index in [0.717, 1.165) is 16.5 Å². The highest BCUT2D eigenvalue weighted by molar-refractivity contribution is 7.80. The van der Waals surface area contributed by atoms with Gasteiger partial charge < -0.3 is 19.7 Å². The second kappa shape index (κ2) is 8.82. The van der Waals surface area contributed by atoms with Crippen LogP contribution in [0.2, 0.25) is 0 Å². The van der Waals surface area contributed by atoms with Crippen LogP contribution in [0, 0.1) is 13.8 Å². The van der Waals surface area contributed by atoms with E-state index in [9.17, 15) is 0 Å². The van der Waals surface area contributed by atoms with Crippen LogP contribution >= 0.6 is 12.2 Å². The van der Waals surface area contributed by atoms with Crippen LogP contribution in [0.3, 0.4) is 0 Å². The first-order valence-electron chi connectivity index (χ1n) is 11.9. The van der Waals surface area contributed by atoms with Crippen LogP contribution in [0.15, 0.2) is 54.7 Å². The van der Waals surface area contributed by atoms with E-state index in [1.54, 1.807) is 0 Å². The predicted molar refractivity (Wildman–Crippen MR) is 140 cm³/mol. The Morgan fingerprint density at radius 1 is 1.03 bits per heavy atom. The van der Waals surface area contributed by atoms with Gasteiger partial charge in [-0.05, 0) is 86.9 Å². The molecule has 0 radical (unpaired) electrons. The molecule has 33 heavy (non-hydrogen) atoms. The van der Waals surface area contributed by atoms with Crippen LogP contribution in [-0.4, -0.2) is 28.8 Å². The lowest BCUT2D eigenvalue weighted by molar-refractivity contribution is 0.494. The molecule has 1 saturated heterocycles. The Bertz CT molecular complexity index is 1130. The molecule has 2 aliphatic rings. The highest BCUT2D eigenvalue weighted by Crippen LogP contribution is 2.45. The lowest BCUT2D eigenvalue weighted by Crippen LogP contribution is -2.29. The average Bonchev–Trinajstić information content (AvgIpc) is 3.52. The van der Waals surface area contributed by atoms with Gasteiger partial charge in [-0.25, -0.2) is 0 Å². The largest absolute Gasteiger partial charge is 0.378 e. The first-order valence-corrected chi connectivity index (χ1v) is 12.3. The van der Waals surface area contributed by atoms with Gasteiger partial charge in [0.15, 0.2) is 5.11 Å². The molecule has 1 aliphatic heterocycles. The summed E-state index contributed by atoms with van der Waals surface area (Å²) in [6.45, 7) is 4.53. The zero-order valence-corrected chi connectivity index (χ0v) is 20.8. The van der Waals surface area contributed by atoms with Gasteiger partial charge in [0, 0.05) is 49.1 Å². The second-order valence-corrected chi connectivity index (χ2v) is 9.93. The van der Waals surface area contributed by atoms with Crippen molar-refractivity contribution in [2.75, 3.05) is 23.9 Å². The molecule has 3 heterocycles. The van der Waals surface area contributed by atoms with E-state index in [0.29, 0.717) is 6.04 Å². The summed E-state index contributed by atoms with van der Waals surface area (Å²) in [4.78, 5) is 9.12. The molecule has 1 saturated carbocycles. The smallest absolute Gasteiger partial charge is 0.174 e. The number of hydrogen-bond acceptors (Lipinski definition) is 3. The third-order valence-electron chi connectivity index (χ3n) is 7.27. The summed E-state index contributed by atoms with van der Waals surface area (Å²) in [7, 11) is 4.13. The van der Waals surface area contributed by atoms with Crippen LogP contribution in [-0.2, 0) is 0 Å². The monoisotopic (exact) mass is 459 g/mol. The van der Waals surface area contributed by atoms with Gasteiger partial charge in [0.1, 0.15) is 0 Å². The maximum Gasteiger partial charge on any atom is 0.174 e. The SMILES string of the molecule is Cc1cc([C@@H]2[C@@H](c3ccccn3)NC(=S)N2c2ccc(N(C)C)cc2)c(C)n1C1CCCC1. The molecule has 2 fully saturated rings. The first kappa shape index (κ1) is 22.0. The quantitative estimate of drug-likeness (QED) is 0.484. The number of hydrogen-bond donors (Lipinski definition) is 1. The van der Waals surface area contributed by atoms with E-state index in [2.05, 4.69) is 90.1 Å². The summed E-state index contributed by atoms with van der Waals surface area (Å²) in [5, 5.41) is 4.35. The Morgan fingerprint density at radius 2 is 1.76 bits per heavy atom. The van der Waals surface area contributed by atoms with E-state index in [1.165, 1.54) is 48.3 Å².